The molecule has 0 unspecified atom stereocenters. The molecule has 0 saturated carbocycles. The summed E-state index contributed by atoms with van der Waals surface area (Å²) in [5.74, 6) is 0.816. The highest BCUT2D eigenvalue weighted by molar-refractivity contribution is 5.91. The predicted octanol–water partition coefficient (Wildman–Crippen LogP) is 9.12. The number of carbonyl (C=O) groups excluding carboxylic acids is 3. The lowest BCUT2D eigenvalue weighted by molar-refractivity contribution is 0.0217. The number of esters is 1. The minimum absolute atomic E-state index is 0.266. The van der Waals surface area contributed by atoms with E-state index in [2.05, 4.69) is 13.8 Å². The molecule has 1 aliphatic heterocycles. The molecule has 1 saturated heterocycles. The van der Waals surface area contributed by atoms with Crippen molar-refractivity contribution in [1.29, 1.82) is 0 Å². The van der Waals surface area contributed by atoms with E-state index in [0.29, 0.717) is 50.5 Å². The van der Waals surface area contributed by atoms with Crippen LogP contribution in [0, 0.1) is 0 Å². The van der Waals surface area contributed by atoms with Crippen LogP contribution in [-0.2, 0) is 9.47 Å². The maximum Gasteiger partial charge on any atom is 0.514 e. The average Bonchev–Trinajstić information content (AvgIpc) is 3.05. The minimum Gasteiger partial charge on any atom is -0.494 e. The molecule has 45 heavy (non-hydrogen) atoms. The summed E-state index contributed by atoms with van der Waals surface area (Å²) in [6, 6.07) is 13.1. The van der Waals surface area contributed by atoms with Crippen LogP contribution < -0.4 is 14.2 Å². The highest BCUT2D eigenvalue weighted by Gasteiger charge is 2.26. The van der Waals surface area contributed by atoms with Crippen molar-refractivity contribution in [3.8, 4) is 17.2 Å². The number of rotatable bonds is 19. The smallest absolute Gasteiger partial charge is 0.494 e. The number of ether oxygens (including phenoxy) is 5. The van der Waals surface area contributed by atoms with Crippen molar-refractivity contribution in [2.45, 2.75) is 110 Å². The lowest BCUT2D eigenvalue weighted by Crippen LogP contribution is -2.42. The number of benzene rings is 2. The van der Waals surface area contributed by atoms with Gasteiger partial charge in [0.2, 0.25) is 0 Å². The van der Waals surface area contributed by atoms with Gasteiger partial charge < -0.3 is 28.6 Å². The Balaban J connectivity index is 1.30. The molecule has 0 spiro atoms. The first-order chi connectivity index (χ1) is 22.0. The molecule has 1 aliphatic rings. The molecule has 248 valence electrons. The Labute approximate surface area is 268 Å². The molecule has 0 aliphatic carbocycles. The third kappa shape index (κ3) is 14.3. The first-order valence-electron chi connectivity index (χ1n) is 16.8. The number of unbranched alkanes of at least 4 members (excludes halogenated alkanes) is 10. The summed E-state index contributed by atoms with van der Waals surface area (Å²) in [6.07, 6.45) is 13.7. The van der Waals surface area contributed by atoms with Gasteiger partial charge in [-0.25, -0.2) is 14.4 Å². The van der Waals surface area contributed by atoms with E-state index < -0.39 is 12.1 Å². The average molecular weight is 626 g/mol. The van der Waals surface area contributed by atoms with Crippen molar-refractivity contribution in [2.24, 2.45) is 0 Å². The molecule has 9 nitrogen and oxygen atoms in total. The molecular weight excluding hydrogens is 574 g/mol. The molecule has 2 aromatic rings. The van der Waals surface area contributed by atoms with Gasteiger partial charge in [-0.05, 0) is 61.4 Å². The molecule has 0 aromatic heterocycles. The lowest BCUT2D eigenvalue weighted by atomic mass is 10.1. The fraction of sp³-hybridized carbons (Fsp3) is 0.583. The van der Waals surface area contributed by atoms with E-state index in [0.717, 1.165) is 37.9 Å². The van der Waals surface area contributed by atoms with Crippen LogP contribution >= 0.6 is 0 Å². The fourth-order valence-electron chi connectivity index (χ4n) is 5.05. The number of hydrogen-bond acceptors (Lipinski definition) is 8. The normalized spacial score (nSPS) is 13.2. The fourth-order valence-corrected chi connectivity index (χ4v) is 5.05. The maximum absolute atomic E-state index is 12.6. The molecule has 0 bridgehead atoms. The first kappa shape index (κ1) is 35.7. The van der Waals surface area contributed by atoms with Crippen LogP contribution in [0.1, 0.15) is 114 Å². The SMILES string of the molecule is CCCCCCCCCCOc1ccc(C(=O)Oc2ccc(OC(=O)OC3CCN(C(=O)OCCCCCC)CC3)cc2)cc1. The van der Waals surface area contributed by atoms with Crippen molar-refractivity contribution in [3.05, 3.63) is 54.1 Å². The zero-order chi connectivity index (χ0) is 32.1. The summed E-state index contributed by atoms with van der Waals surface area (Å²) in [4.78, 5) is 38.8. The molecule has 3 rings (SSSR count). The molecular formula is C36H51NO8. The van der Waals surface area contributed by atoms with Crippen molar-refractivity contribution in [3.63, 3.8) is 0 Å². The number of amides is 1. The van der Waals surface area contributed by atoms with E-state index in [1.54, 1.807) is 41.3 Å². The Hall–Kier alpha value is -3.75. The summed E-state index contributed by atoms with van der Waals surface area (Å²) in [7, 11) is 0. The molecule has 0 radical (unpaired) electrons. The van der Waals surface area contributed by atoms with Crippen molar-refractivity contribution < 1.29 is 38.1 Å². The molecule has 1 heterocycles. The third-order valence-electron chi connectivity index (χ3n) is 7.78. The van der Waals surface area contributed by atoms with Crippen LogP contribution in [0.25, 0.3) is 0 Å². The zero-order valence-electron chi connectivity index (χ0n) is 27.1. The van der Waals surface area contributed by atoms with E-state index in [-0.39, 0.29) is 17.9 Å². The van der Waals surface area contributed by atoms with Gasteiger partial charge >= 0.3 is 18.2 Å². The monoisotopic (exact) mass is 625 g/mol. The highest BCUT2D eigenvalue weighted by atomic mass is 16.7. The summed E-state index contributed by atoms with van der Waals surface area (Å²) < 4.78 is 27.3. The summed E-state index contributed by atoms with van der Waals surface area (Å²) >= 11 is 0. The van der Waals surface area contributed by atoms with Crippen LogP contribution in [0.4, 0.5) is 9.59 Å². The van der Waals surface area contributed by atoms with E-state index in [1.165, 1.54) is 57.1 Å². The van der Waals surface area contributed by atoms with Crippen LogP contribution in [0.5, 0.6) is 17.2 Å². The van der Waals surface area contributed by atoms with Gasteiger partial charge in [0.15, 0.2) is 0 Å². The van der Waals surface area contributed by atoms with E-state index in [9.17, 15) is 14.4 Å². The first-order valence-corrected chi connectivity index (χ1v) is 16.8. The van der Waals surface area contributed by atoms with Gasteiger partial charge in [-0.3, -0.25) is 0 Å². The number of carbonyl (C=O) groups is 3. The van der Waals surface area contributed by atoms with Crippen molar-refractivity contribution in [2.75, 3.05) is 26.3 Å². The second-order valence-corrected chi connectivity index (χ2v) is 11.5. The third-order valence-corrected chi connectivity index (χ3v) is 7.78. The maximum atomic E-state index is 12.6. The van der Waals surface area contributed by atoms with E-state index >= 15 is 0 Å². The van der Waals surface area contributed by atoms with E-state index in [1.807, 2.05) is 0 Å². The molecule has 1 fully saturated rings. The van der Waals surface area contributed by atoms with Gasteiger partial charge in [0.05, 0.1) is 18.8 Å². The minimum atomic E-state index is -0.818. The van der Waals surface area contributed by atoms with Gasteiger partial charge in [-0.15, -0.1) is 0 Å². The van der Waals surface area contributed by atoms with Crippen LogP contribution in [0.2, 0.25) is 0 Å². The van der Waals surface area contributed by atoms with Gasteiger partial charge in [0.25, 0.3) is 0 Å². The number of hydrogen-bond donors (Lipinski definition) is 0. The quantitative estimate of drug-likeness (QED) is 0.0659. The topological polar surface area (TPSA) is 101 Å². The Bertz CT molecular complexity index is 1130. The second-order valence-electron chi connectivity index (χ2n) is 11.5. The standard InChI is InChI=1S/C36H51NO8/c1-3-5-7-9-10-11-12-14-27-41-30-17-15-29(16-18-30)34(38)43-31-19-21-32(22-20-31)44-36(40)45-33-23-25-37(26-24-33)35(39)42-28-13-8-6-4-2/h15-22,33H,3-14,23-28H2,1-2H3. The van der Waals surface area contributed by atoms with Crippen LogP contribution in [0.15, 0.2) is 48.5 Å². The van der Waals surface area contributed by atoms with Gasteiger partial charge in [0.1, 0.15) is 23.4 Å². The summed E-state index contributed by atoms with van der Waals surface area (Å²) in [5.41, 5.74) is 0.407. The zero-order valence-corrected chi connectivity index (χ0v) is 27.1. The predicted molar refractivity (Wildman–Crippen MR) is 173 cm³/mol. The lowest BCUT2D eigenvalue weighted by Gasteiger charge is -2.30. The van der Waals surface area contributed by atoms with Gasteiger partial charge in [-0.1, -0.05) is 78.1 Å². The van der Waals surface area contributed by atoms with Gasteiger partial charge in [-0.2, -0.15) is 0 Å². The van der Waals surface area contributed by atoms with Crippen molar-refractivity contribution in [1.82, 2.24) is 4.90 Å². The summed E-state index contributed by atoms with van der Waals surface area (Å²) in [5, 5.41) is 0. The molecule has 0 atom stereocenters. The number of nitrogens with zero attached hydrogens (tertiary/aromatic N) is 1. The summed E-state index contributed by atoms with van der Waals surface area (Å²) in [6.45, 7) is 6.38. The Kier molecular flexibility index (Phi) is 16.7. The second kappa shape index (κ2) is 21.1. The van der Waals surface area contributed by atoms with Crippen LogP contribution in [0.3, 0.4) is 0 Å². The molecule has 0 N–H and O–H groups in total. The Morgan fingerprint density at radius 2 is 1.16 bits per heavy atom. The largest absolute Gasteiger partial charge is 0.514 e. The molecule has 2 aromatic carbocycles. The number of piperidine rings is 1. The van der Waals surface area contributed by atoms with E-state index in [4.69, 9.17) is 23.7 Å². The number of likely N-dealkylation sites (tertiary alicyclic amines) is 1. The molecule has 1 amide bonds. The Morgan fingerprint density at radius 1 is 0.644 bits per heavy atom. The highest BCUT2D eigenvalue weighted by Crippen LogP contribution is 2.22. The van der Waals surface area contributed by atoms with Crippen molar-refractivity contribution >= 4 is 18.2 Å². The van der Waals surface area contributed by atoms with Crippen LogP contribution in [-0.4, -0.2) is 55.5 Å². The molecule has 9 heteroatoms. The van der Waals surface area contributed by atoms with Gasteiger partial charge in [0, 0.05) is 25.9 Å². The Morgan fingerprint density at radius 3 is 1.78 bits per heavy atom.